The van der Waals surface area contributed by atoms with Crippen LogP contribution < -0.4 is 0 Å². The molecule has 2 aliphatic heterocycles. The van der Waals surface area contributed by atoms with Gasteiger partial charge in [0, 0.05) is 38.6 Å². The highest BCUT2D eigenvalue weighted by Crippen LogP contribution is 2.34. The highest BCUT2D eigenvalue weighted by molar-refractivity contribution is 5.32. The van der Waals surface area contributed by atoms with Gasteiger partial charge in [-0.1, -0.05) is 24.3 Å². The summed E-state index contributed by atoms with van der Waals surface area (Å²) in [6, 6.07) is 9.73. The van der Waals surface area contributed by atoms with Gasteiger partial charge in [0.15, 0.2) is 6.29 Å². The molecule has 0 spiro atoms. The lowest BCUT2D eigenvalue weighted by Gasteiger charge is -2.35. The molecule has 0 N–H and O–H groups in total. The van der Waals surface area contributed by atoms with Gasteiger partial charge in [-0.3, -0.25) is 4.90 Å². The third kappa shape index (κ3) is 4.43. The van der Waals surface area contributed by atoms with Crippen molar-refractivity contribution < 1.29 is 9.47 Å². The van der Waals surface area contributed by atoms with Gasteiger partial charge < -0.3 is 14.4 Å². The summed E-state index contributed by atoms with van der Waals surface area (Å²) in [7, 11) is 0. The van der Waals surface area contributed by atoms with Gasteiger partial charge in [-0.15, -0.1) is 0 Å². The summed E-state index contributed by atoms with van der Waals surface area (Å²) >= 11 is 0. The first-order chi connectivity index (χ1) is 12.4. The fourth-order valence-electron chi connectivity index (χ4n) is 4.62. The zero-order valence-corrected chi connectivity index (χ0v) is 15.4. The van der Waals surface area contributed by atoms with Gasteiger partial charge in [-0.05, 0) is 49.8 Å². The van der Waals surface area contributed by atoms with E-state index in [2.05, 4.69) is 34.1 Å². The van der Waals surface area contributed by atoms with Crippen molar-refractivity contribution in [2.24, 2.45) is 0 Å². The van der Waals surface area contributed by atoms with Crippen molar-refractivity contribution >= 4 is 0 Å². The van der Waals surface area contributed by atoms with Crippen molar-refractivity contribution in [1.82, 2.24) is 9.80 Å². The summed E-state index contributed by atoms with van der Waals surface area (Å²) in [4.78, 5) is 5.35. The molecular weight excluding hydrogens is 312 g/mol. The van der Waals surface area contributed by atoms with Gasteiger partial charge in [0.05, 0.1) is 13.2 Å². The van der Waals surface area contributed by atoms with Gasteiger partial charge in [0.25, 0.3) is 0 Å². The molecule has 1 aromatic rings. The van der Waals surface area contributed by atoms with Gasteiger partial charge in [-0.2, -0.15) is 0 Å². The summed E-state index contributed by atoms with van der Waals surface area (Å²) in [5, 5.41) is 0. The Kier molecular flexibility index (Phi) is 6.03. The maximum absolute atomic E-state index is 5.70. The third-order valence-electron chi connectivity index (χ3n) is 5.98. The molecule has 4 rings (SSSR count). The second-order valence-electron chi connectivity index (χ2n) is 7.65. The van der Waals surface area contributed by atoms with Gasteiger partial charge >= 0.3 is 0 Å². The summed E-state index contributed by atoms with van der Waals surface area (Å²) in [5.41, 5.74) is 3.16. The number of ether oxygens (including phenoxy) is 2. The smallest absolute Gasteiger partial charge is 0.158 e. The Labute approximate surface area is 152 Å². The summed E-state index contributed by atoms with van der Waals surface area (Å²) in [6.45, 7) is 7.61. The molecule has 1 atom stereocenters. The van der Waals surface area contributed by atoms with E-state index in [1.165, 1.54) is 51.9 Å². The largest absolute Gasteiger partial charge is 0.353 e. The van der Waals surface area contributed by atoms with Crippen molar-refractivity contribution in [1.29, 1.82) is 0 Å². The minimum Gasteiger partial charge on any atom is -0.353 e. The summed E-state index contributed by atoms with van der Waals surface area (Å²) < 4.78 is 11.4. The molecular formula is C21H32N2O2. The summed E-state index contributed by atoms with van der Waals surface area (Å²) in [5.74, 6) is 0. The van der Waals surface area contributed by atoms with Crippen molar-refractivity contribution in [2.75, 3.05) is 45.9 Å². The SMILES string of the molecule is c1ccc2c(c1)CCCC2N1CCCN(CCC2OCCCO2)CC1. The number of hydrogen-bond acceptors (Lipinski definition) is 4. The molecule has 0 radical (unpaired) electrons. The number of hydrogen-bond donors (Lipinski definition) is 0. The topological polar surface area (TPSA) is 24.9 Å². The molecule has 1 aliphatic carbocycles. The Bertz CT molecular complexity index is 544. The highest BCUT2D eigenvalue weighted by atomic mass is 16.7. The number of rotatable bonds is 4. The first-order valence-corrected chi connectivity index (χ1v) is 10.2. The molecule has 25 heavy (non-hydrogen) atoms. The van der Waals surface area contributed by atoms with E-state index in [1.807, 2.05) is 0 Å². The molecule has 1 unspecified atom stereocenters. The zero-order valence-electron chi connectivity index (χ0n) is 15.4. The Balaban J connectivity index is 1.31. The van der Waals surface area contributed by atoms with E-state index in [4.69, 9.17) is 9.47 Å². The maximum Gasteiger partial charge on any atom is 0.158 e. The molecule has 4 nitrogen and oxygen atoms in total. The molecule has 2 heterocycles. The van der Waals surface area contributed by atoms with E-state index in [0.717, 1.165) is 32.6 Å². The van der Waals surface area contributed by atoms with E-state index >= 15 is 0 Å². The van der Waals surface area contributed by atoms with Gasteiger partial charge in [0.1, 0.15) is 0 Å². The lowest BCUT2D eigenvalue weighted by Crippen LogP contribution is -2.36. The van der Waals surface area contributed by atoms with Crippen LogP contribution in [0.1, 0.15) is 49.3 Å². The van der Waals surface area contributed by atoms with Crippen LogP contribution in [0.5, 0.6) is 0 Å². The lowest BCUT2D eigenvalue weighted by molar-refractivity contribution is -0.182. The van der Waals surface area contributed by atoms with Crippen LogP contribution in [0.2, 0.25) is 0 Å². The molecule has 4 heteroatoms. The predicted molar refractivity (Wildman–Crippen MR) is 99.7 cm³/mol. The lowest BCUT2D eigenvalue weighted by atomic mass is 9.87. The van der Waals surface area contributed by atoms with Crippen molar-refractivity contribution in [3.05, 3.63) is 35.4 Å². The molecule has 3 aliphatic rings. The average molecular weight is 344 g/mol. The standard InChI is InChI=1S/C21H32N2O2/c1-2-8-19-18(6-1)7-3-9-20(19)23-12-4-11-22(14-15-23)13-10-21-24-16-5-17-25-21/h1-2,6,8,20-21H,3-5,7,9-17H2. The predicted octanol–water partition coefficient (Wildman–Crippen LogP) is 3.22. The van der Waals surface area contributed by atoms with Crippen LogP contribution in [0, 0.1) is 0 Å². The van der Waals surface area contributed by atoms with Crippen LogP contribution in [-0.2, 0) is 15.9 Å². The van der Waals surface area contributed by atoms with Gasteiger partial charge in [-0.25, -0.2) is 0 Å². The average Bonchev–Trinajstić information content (AvgIpc) is 2.92. The third-order valence-corrected chi connectivity index (χ3v) is 5.98. The molecule has 2 fully saturated rings. The Morgan fingerprint density at radius 3 is 2.72 bits per heavy atom. The second-order valence-corrected chi connectivity index (χ2v) is 7.65. The van der Waals surface area contributed by atoms with Crippen LogP contribution in [0.25, 0.3) is 0 Å². The van der Waals surface area contributed by atoms with Crippen molar-refractivity contribution in [2.45, 2.75) is 50.9 Å². The van der Waals surface area contributed by atoms with Crippen LogP contribution in [-0.4, -0.2) is 62.0 Å². The van der Waals surface area contributed by atoms with Gasteiger partial charge in [0.2, 0.25) is 0 Å². The summed E-state index contributed by atoms with van der Waals surface area (Å²) in [6.07, 6.45) is 7.25. The molecule has 1 aromatic carbocycles. The minimum absolute atomic E-state index is 0.0262. The van der Waals surface area contributed by atoms with Crippen molar-refractivity contribution in [3.8, 4) is 0 Å². The molecule has 0 amide bonds. The first-order valence-electron chi connectivity index (χ1n) is 10.2. The van der Waals surface area contributed by atoms with Crippen LogP contribution >= 0.6 is 0 Å². The quantitative estimate of drug-likeness (QED) is 0.837. The highest BCUT2D eigenvalue weighted by Gasteiger charge is 2.27. The maximum atomic E-state index is 5.70. The first kappa shape index (κ1) is 17.5. The van der Waals surface area contributed by atoms with Crippen molar-refractivity contribution in [3.63, 3.8) is 0 Å². The number of nitrogens with zero attached hydrogens (tertiary/aromatic N) is 2. The molecule has 0 aromatic heterocycles. The van der Waals surface area contributed by atoms with Crippen LogP contribution in [0.15, 0.2) is 24.3 Å². The normalized spacial score (nSPS) is 27.0. The number of aryl methyl sites for hydroxylation is 1. The van der Waals surface area contributed by atoms with E-state index in [1.54, 1.807) is 11.1 Å². The molecule has 138 valence electrons. The number of fused-ring (bicyclic) bond motifs is 1. The Morgan fingerprint density at radius 2 is 1.80 bits per heavy atom. The van der Waals surface area contributed by atoms with E-state index in [-0.39, 0.29) is 6.29 Å². The van der Waals surface area contributed by atoms with E-state index in [0.29, 0.717) is 6.04 Å². The Morgan fingerprint density at radius 1 is 0.920 bits per heavy atom. The molecule has 2 saturated heterocycles. The zero-order chi connectivity index (χ0) is 16.9. The number of benzene rings is 1. The van der Waals surface area contributed by atoms with Crippen LogP contribution in [0.4, 0.5) is 0 Å². The monoisotopic (exact) mass is 344 g/mol. The minimum atomic E-state index is 0.0262. The molecule has 0 bridgehead atoms. The van der Waals surface area contributed by atoms with E-state index in [9.17, 15) is 0 Å². The second kappa shape index (κ2) is 8.63. The fourth-order valence-corrected chi connectivity index (χ4v) is 4.62. The van der Waals surface area contributed by atoms with Crippen LogP contribution in [0.3, 0.4) is 0 Å². The van der Waals surface area contributed by atoms with E-state index < -0.39 is 0 Å². The molecule has 0 saturated carbocycles. The fraction of sp³-hybridized carbons (Fsp3) is 0.714. The Hall–Kier alpha value is -0.940.